The molecule has 0 amide bonds. The summed E-state index contributed by atoms with van der Waals surface area (Å²) in [5.74, 6) is 0.996. The molecule has 3 aromatic carbocycles. The van der Waals surface area contributed by atoms with Gasteiger partial charge in [0, 0.05) is 0 Å². The van der Waals surface area contributed by atoms with Crippen molar-refractivity contribution in [3.05, 3.63) is 101 Å². The van der Waals surface area contributed by atoms with Crippen LogP contribution < -0.4 is 4.74 Å². The van der Waals surface area contributed by atoms with E-state index in [2.05, 4.69) is 78.9 Å². The van der Waals surface area contributed by atoms with E-state index < -0.39 is 0 Å². The van der Waals surface area contributed by atoms with Gasteiger partial charge in [0.05, 0.1) is 6.61 Å². The molecule has 0 bridgehead atoms. The summed E-state index contributed by atoms with van der Waals surface area (Å²) >= 11 is 0. The summed E-state index contributed by atoms with van der Waals surface area (Å²) in [5, 5.41) is 0. The SMILES string of the molecule is CCOc1cc(CCc2ccccc2)cc(CCc2ccccc2)c1. The Morgan fingerprint density at radius 1 is 0.560 bits per heavy atom. The van der Waals surface area contributed by atoms with Crippen molar-refractivity contribution in [1.82, 2.24) is 0 Å². The van der Waals surface area contributed by atoms with Crippen LogP contribution in [0.25, 0.3) is 0 Å². The molecule has 1 nitrogen and oxygen atoms in total. The molecule has 128 valence electrons. The van der Waals surface area contributed by atoms with Crippen molar-refractivity contribution in [3.8, 4) is 5.75 Å². The molecule has 3 rings (SSSR count). The average molecular weight is 330 g/mol. The molecule has 3 aromatic rings. The largest absolute Gasteiger partial charge is 0.494 e. The maximum absolute atomic E-state index is 5.79. The first-order valence-electron chi connectivity index (χ1n) is 9.17. The maximum atomic E-state index is 5.79. The summed E-state index contributed by atoms with van der Waals surface area (Å²) < 4.78 is 5.79. The van der Waals surface area contributed by atoms with Gasteiger partial charge in [-0.15, -0.1) is 0 Å². The molecular weight excluding hydrogens is 304 g/mol. The van der Waals surface area contributed by atoms with Gasteiger partial charge in [-0.25, -0.2) is 0 Å². The lowest BCUT2D eigenvalue weighted by atomic mass is 9.99. The van der Waals surface area contributed by atoms with Crippen molar-refractivity contribution in [2.24, 2.45) is 0 Å². The van der Waals surface area contributed by atoms with Gasteiger partial charge >= 0.3 is 0 Å². The monoisotopic (exact) mass is 330 g/mol. The molecule has 0 atom stereocenters. The molecule has 0 unspecified atom stereocenters. The third kappa shape index (κ3) is 5.49. The summed E-state index contributed by atoms with van der Waals surface area (Å²) in [4.78, 5) is 0. The van der Waals surface area contributed by atoms with Crippen molar-refractivity contribution in [2.75, 3.05) is 6.61 Å². The molecule has 0 aliphatic carbocycles. The summed E-state index contributed by atoms with van der Waals surface area (Å²) in [7, 11) is 0. The summed E-state index contributed by atoms with van der Waals surface area (Å²) in [5.41, 5.74) is 5.49. The Morgan fingerprint density at radius 3 is 1.44 bits per heavy atom. The normalized spacial score (nSPS) is 10.6. The van der Waals surface area contributed by atoms with Crippen molar-refractivity contribution < 1.29 is 4.74 Å². The standard InChI is InChI=1S/C24H26O/c1-2-25-24-18-22(15-13-20-9-5-3-6-10-20)17-23(19-24)16-14-21-11-7-4-8-12-21/h3-12,17-19H,2,13-16H2,1H3. The van der Waals surface area contributed by atoms with Crippen molar-refractivity contribution in [1.29, 1.82) is 0 Å². The highest BCUT2D eigenvalue weighted by Crippen LogP contribution is 2.20. The molecule has 0 spiro atoms. The van der Waals surface area contributed by atoms with Crippen LogP contribution in [0.2, 0.25) is 0 Å². The van der Waals surface area contributed by atoms with Crippen LogP contribution in [0.1, 0.15) is 29.2 Å². The van der Waals surface area contributed by atoms with Gasteiger partial charge < -0.3 is 4.74 Å². The molecule has 0 N–H and O–H groups in total. The molecule has 0 saturated carbocycles. The van der Waals surface area contributed by atoms with Gasteiger partial charge in [-0.05, 0) is 67.0 Å². The minimum absolute atomic E-state index is 0.709. The number of rotatable bonds is 8. The first-order valence-corrected chi connectivity index (χ1v) is 9.17. The molecule has 0 fully saturated rings. The lowest BCUT2D eigenvalue weighted by molar-refractivity contribution is 0.339. The van der Waals surface area contributed by atoms with Gasteiger partial charge in [-0.3, -0.25) is 0 Å². The van der Waals surface area contributed by atoms with E-state index in [-0.39, 0.29) is 0 Å². The Kier molecular flexibility index (Phi) is 6.28. The fourth-order valence-electron chi connectivity index (χ4n) is 3.13. The summed E-state index contributed by atoms with van der Waals surface area (Å²) in [6, 6.07) is 28.1. The smallest absolute Gasteiger partial charge is 0.119 e. The van der Waals surface area contributed by atoms with E-state index in [0.29, 0.717) is 6.61 Å². The Hall–Kier alpha value is -2.54. The lowest BCUT2D eigenvalue weighted by Crippen LogP contribution is -1.99. The Labute approximate surface area is 151 Å². The lowest BCUT2D eigenvalue weighted by Gasteiger charge is -2.11. The van der Waals surface area contributed by atoms with E-state index >= 15 is 0 Å². The number of ether oxygens (including phenoxy) is 1. The third-order valence-corrected chi connectivity index (χ3v) is 4.43. The minimum Gasteiger partial charge on any atom is -0.494 e. The molecule has 0 heterocycles. The molecular formula is C24H26O. The van der Waals surface area contributed by atoms with Gasteiger partial charge in [-0.2, -0.15) is 0 Å². The van der Waals surface area contributed by atoms with Crippen LogP contribution in [0.3, 0.4) is 0 Å². The Balaban J connectivity index is 1.70. The molecule has 1 heteroatoms. The summed E-state index contributed by atoms with van der Waals surface area (Å²) in [6.45, 7) is 2.75. The van der Waals surface area contributed by atoms with E-state index in [4.69, 9.17) is 4.74 Å². The van der Waals surface area contributed by atoms with Crippen molar-refractivity contribution in [2.45, 2.75) is 32.6 Å². The fourth-order valence-corrected chi connectivity index (χ4v) is 3.13. The van der Waals surface area contributed by atoms with Crippen LogP contribution in [0.5, 0.6) is 5.75 Å². The van der Waals surface area contributed by atoms with Crippen molar-refractivity contribution >= 4 is 0 Å². The predicted molar refractivity (Wildman–Crippen MR) is 105 cm³/mol. The van der Waals surface area contributed by atoms with Crippen LogP contribution in [0.15, 0.2) is 78.9 Å². The number of hydrogen-bond acceptors (Lipinski definition) is 1. The van der Waals surface area contributed by atoms with Crippen LogP contribution in [-0.2, 0) is 25.7 Å². The van der Waals surface area contributed by atoms with Gasteiger partial charge in [0.2, 0.25) is 0 Å². The molecule has 0 aromatic heterocycles. The second kappa shape index (κ2) is 9.08. The van der Waals surface area contributed by atoms with Gasteiger partial charge in [0.1, 0.15) is 5.75 Å². The molecule has 25 heavy (non-hydrogen) atoms. The molecule has 0 saturated heterocycles. The highest BCUT2D eigenvalue weighted by atomic mass is 16.5. The Bertz CT molecular complexity index is 701. The van der Waals surface area contributed by atoms with Crippen LogP contribution in [0, 0.1) is 0 Å². The van der Waals surface area contributed by atoms with Crippen molar-refractivity contribution in [3.63, 3.8) is 0 Å². The first kappa shape index (κ1) is 17.3. The highest BCUT2D eigenvalue weighted by Gasteiger charge is 2.04. The minimum atomic E-state index is 0.709. The van der Waals surface area contributed by atoms with E-state index in [0.717, 1.165) is 31.4 Å². The zero-order valence-corrected chi connectivity index (χ0v) is 14.9. The second-order valence-corrected chi connectivity index (χ2v) is 6.39. The number of hydrogen-bond donors (Lipinski definition) is 0. The van der Waals surface area contributed by atoms with E-state index in [1.54, 1.807) is 0 Å². The zero-order chi connectivity index (χ0) is 17.3. The second-order valence-electron chi connectivity index (χ2n) is 6.39. The predicted octanol–water partition coefficient (Wildman–Crippen LogP) is 5.66. The zero-order valence-electron chi connectivity index (χ0n) is 14.9. The molecule has 0 aliphatic rings. The van der Waals surface area contributed by atoms with Crippen LogP contribution in [0.4, 0.5) is 0 Å². The topological polar surface area (TPSA) is 9.23 Å². The van der Waals surface area contributed by atoms with Gasteiger partial charge in [-0.1, -0.05) is 66.7 Å². The average Bonchev–Trinajstić information content (AvgIpc) is 2.67. The Morgan fingerprint density at radius 2 is 1.00 bits per heavy atom. The first-order chi connectivity index (χ1) is 12.3. The van der Waals surface area contributed by atoms with E-state index in [1.807, 2.05) is 6.92 Å². The highest BCUT2D eigenvalue weighted by molar-refractivity contribution is 5.36. The number of aryl methyl sites for hydroxylation is 4. The van der Waals surface area contributed by atoms with Gasteiger partial charge in [0.15, 0.2) is 0 Å². The molecule has 0 aliphatic heterocycles. The number of benzene rings is 3. The fraction of sp³-hybridized carbons (Fsp3) is 0.250. The van der Waals surface area contributed by atoms with Crippen LogP contribution in [-0.4, -0.2) is 6.61 Å². The van der Waals surface area contributed by atoms with Gasteiger partial charge in [0.25, 0.3) is 0 Å². The van der Waals surface area contributed by atoms with Crippen LogP contribution >= 0.6 is 0 Å². The van der Waals surface area contributed by atoms with E-state index in [9.17, 15) is 0 Å². The quantitative estimate of drug-likeness (QED) is 0.518. The maximum Gasteiger partial charge on any atom is 0.119 e. The molecule has 0 radical (unpaired) electrons. The van der Waals surface area contributed by atoms with E-state index in [1.165, 1.54) is 22.3 Å². The summed E-state index contributed by atoms with van der Waals surface area (Å²) in [6.07, 6.45) is 4.22. The third-order valence-electron chi connectivity index (χ3n) is 4.43.